The molecule has 0 fully saturated rings. The van der Waals surface area contributed by atoms with Crippen LogP contribution in [0.25, 0.3) is 0 Å². The quantitative estimate of drug-likeness (QED) is 0.828. The minimum Gasteiger partial charge on any atom is -0.363 e. The fraction of sp³-hybridized carbons (Fsp3) is 0.467. The van der Waals surface area contributed by atoms with E-state index in [-0.39, 0.29) is 17.8 Å². The van der Waals surface area contributed by atoms with Crippen LogP contribution in [0.5, 0.6) is 0 Å². The number of rotatable bonds is 5. The number of hydrogen-bond acceptors (Lipinski definition) is 5. The molecule has 8 heteroatoms. The van der Waals surface area contributed by atoms with Gasteiger partial charge in [0.1, 0.15) is 5.82 Å². The second-order valence-corrected chi connectivity index (χ2v) is 6.58. The first kappa shape index (κ1) is 17.5. The normalized spacial score (nSPS) is 13.0. The monoisotopic (exact) mass is 344 g/mol. The third kappa shape index (κ3) is 4.34. The second-order valence-electron chi connectivity index (χ2n) is 5.55. The Bertz CT molecular complexity index is 641. The first-order chi connectivity index (χ1) is 10.7. The van der Waals surface area contributed by atoms with E-state index in [1.807, 2.05) is 24.4 Å². The van der Waals surface area contributed by atoms with Gasteiger partial charge in [0.15, 0.2) is 5.69 Å². The van der Waals surface area contributed by atoms with Crippen molar-refractivity contribution in [2.24, 2.45) is 0 Å². The SMILES string of the molecule is CC(Cc1cccs1)N(C)c1nc(N(C)C)cc(C(F)(F)F)n1. The zero-order valence-corrected chi connectivity index (χ0v) is 14.2. The zero-order chi connectivity index (χ0) is 17.2. The van der Waals surface area contributed by atoms with Crippen LogP contribution in [0.3, 0.4) is 0 Å². The predicted octanol–water partition coefficient (Wildman–Crippen LogP) is 3.69. The fourth-order valence-electron chi connectivity index (χ4n) is 2.01. The van der Waals surface area contributed by atoms with Crippen molar-refractivity contribution in [2.75, 3.05) is 30.9 Å². The van der Waals surface area contributed by atoms with E-state index in [2.05, 4.69) is 9.97 Å². The number of halogens is 3. The largest absolute Gasteiger partial charge is 0.433 e. The van der Waals surface area contributed by atoms with E-state index in [9.17, 15) is 13.2 Å². The lowest BCUT2D eigenvalue weighted by molar-refractivity contribution is -0.141. The third-order valence-corrected chi connectivity index (χ3v) is 4.40. The number of aromatic nitrogens is 2. The molecule has 0 aromatic carbocycles. The molecule has 23 heavy (non-hydrogen) atoms. The Hall–Kier alpha value is -1.83. The summed E-state index contributed by atoms with van der Waals surface area (Å²) in [6, 6.07) is 4.90. The van der Waals surface area contributed by atoms with Crippen LogP contribution in [0.15, 0.2) is 23.6 Å². The smallest absolute Gasteiger partial charge is 0.363 e. The van der Waals surface area contributed by atoms with Gasteiger partial charge in [-0.25, -0.2) is 4.98 Å². The average Bonchev–Trinajstić information content (AvgIpc) is 2.97. The predicted molar refractivity (Wildman–Crippen MR) is 87.2 cm³/mol. The Kier molecular flexibility index (Phi) is 5.13. The molecule has 4 nitrogen and oxygen atoms in total. The summed E-state index contributed by atoms with van der Waals surface area (Å²) < 4.78 is 39.2. The summed E-state index contributed by atoms with van der Waals surface area (Å²) in [4.78, 5) is 12.3. The number of likely N-dealkylation sites (N-methyl/N-ethyl adjacent to an activating group) is 1. The van der Waals surface area contributed by atoms with Gasteiger partial charge in [0.25, 0.3) is 0 Å². The number of nitrogens with zero attached hydrogens (tertiary/aromatic N) is 4. The topological polar surface area (TPSA) is 32.3 Å². The molecule has 2 aromatic rings. The van der Waals surface area contributed by atoms with Crippen LogP contribution in [0.2, 0.25) is 0 Å². The molecule has 126 valence electrons. The molecule has 0 aliphatic carbocycles. The fourth-order valence-corrected chi connectivity index (χ4v) is 2.83. The van der Waals surface area contributed by atoms with Gasteiger partial charge in [-0.1, -0.05) is 6.07 Å². The van der Waals surface area contributed by atoms with E-state index >= 15 is 0 Å². The van der Waals surface area contributed by atoms with Crippen LogP contribution in [0.1, 0.15) is 17.5 Å². The highest BCUT2D eigenvalue weighted by atomic mass is 32.1. The van der Waals surface area contributed by atoms with Crippen LogP contribution < -0.4 is 9.80 Å². The van der Waals surface area contributed by atoms with Crippen molar-refractivity contribution in [1.29, 1.82) is 0 Å². The molecule has 0 aliphatic rings. The number of hydrogen-bond donors (Lipinski definition) is 0. The highest BCUT2D eigenvalue weighted by molar-refractivity contribution is 7.09. The molecule has 1 unspecified atom stereocenters. The van der Waals surface area contributed by atoms with Crippen LogP contribution >= 0.6 is 11.3 Å². The first-order valence-corrected chi connectivity index (χ1v) is 7.95. The Balaban J connectivity index is 2.31. The summed E-state index contributed by atoms with van der Waals surface area (Å²) in [5.74, 6) is 0.310. The van der Waals surface area contributed by atoms with Crippen molar-refractivity contribution in [3.05, 3.63) is 34.2 Å². The van der Waals surface area contributed by atoms with Crippen LogP contribution in [0, 0.1) is 0 Å². The van der Waals surface area contributed by atoms with Gasteiger partial charge in [0.05, 0.1) is 0 Å². The molecular formula is C15H19F3N4S. The van der Waals surface area contributed by atoms with Crippen molar-refractivity contribution in [3.63, 3.8) is 0 Å². The molecule has 0 N–H and O–H groups in total. The summed E-state index contributed by atoms with van der Waals surface area (Å²) in [6.45, 7) is 1.94. The summed E-state index contributed by atoms with van der Waals surface area (Å²) in [7, 11) is 5.02. The lowest BCUT2D eigenvalue weighted by Crippen LogP contribution is -2.33. The van der Waals surface area contributed by atoms with E-state index in [1.165, 1.54) is 9.78 Å². The highest BCUT2D eigenvalue weighted by Gasteiger charge is 2.34. The molecule has 0 saturated carbocycles. The maximum atomic E-state index is 13.1. The molecule has 2 heterocycles. The molecule has 1 atom stereocenters. The molecule has 2 aromatic heterocycles. The van der Waals surface area contributed by atoms with E-state index in [0.717, 1.165) is 12.5 Å². The van der Waals surface area contributed by atoms with Gasteiger partial charge in [-0.05, 0) is 18.4 Å². The Morgan fingerprint density at radius 1 is 1.22 bits per heavy atom. The van der Waals surface area contributed by atoms with Gasteiger partial charge in [-0.2, -0.15) is 18.2 Å². The molecule has 0 aliphatic heterocycles. The summed E-state index contributed by atoms with van der Waals surface area (Å²) in [6.07, 6.45) is -3.77. The van der Waals surface area contributed by atoms with Gasteiger partial charge < -0.3 is 9.80 Å². The molecule has 0 bridgehead atoms. The highest BCUT2D eigenvalue weighted by Crippen LogP contribution is 2.31. The molecule has 0 spiro atoms. The van der Waals surface area contributed by atoms with Crippen LogP contribution in [-0.2, 0) is 12.6 Å². The van der Waals surface area contributed by atoms with Gasteiger partial charge in [0, 0.05) is 44.5 Å². The van der Waals surface area contributed by atoms with Gasteiger partial charge in [-0.3, -0.25) is 0 Å². The Labute approximate surface area is 137 Å². The van der Waals surface area contributed by atoms with E-state index in [1.54, 1.807) is 37.4 Å². The van der Waals surface area contributed by atoms with Crippen molar-refractivity contribution < 1.29 is 13.2 Å². The van der Waals surface area contributed by atoms with Crippen molar-refractivity contribution in [2.45, 2.75) is 25.6 Å². The van der Waals surface area contributed by atoms with Crippen molar-refractivity contribution in [1.82, 2.24) is 9.97 Å². The van der Waals surface area contributed by atoms with Gasteiger partial charge >= 0.3 is 6.18 Å². The van der Waals surface area contributed by atoms with Crippen molar-refractivity contribution >= 4 is 23.1 Å². The number of alkyl halides is 3. The lowest BCUT2D eigenvalue weighted by atomic mass is 10.2. The lowest BCUT2D eigenvalue weighted by Gasteiger charge is -2.26. The molecular weight excluding hydrogens is 325 g/mol. The Morgan fingerprint density at radius 3 is 2.43 bits per heavy atom. The zero-order valence-electron chi connectivity index (χ0n) is 13.4. The average molecular weight is 344 g/mol. The number of thiophene rings is 1. The molecule has 0 saturated heterocycles. The minimum atomic E-state index is -4.50. The van der Waals surface area contributed by atoms with Crippen molar-refractivity contribution in [3.8, 4) is 0 Å². The third-order valence-electron chi connectivity index (χ3n) is 3.50. The van der Waals surface area contributed by atoms with Gasteiger partial charge in [-0.15, -0.1) is 11.3 Å². The second kappa shape index (κ2) is 6.74. The minimum absolute atomic E-state index is 0.0212. The maximum absolute atomic E-state index is 13.1. The summed E-state index contributed by atoms with van der Waals surface area (Å²) in [5, 5.41) is 1.98. The summed E-state index contributed by atoms with van der Waals surface area (Å²) in [5.41, 5.74) is -0.929. The molecule has 0 radical (unpaired) electrons. The Morgan fingerprint density at radius 2 is 1.91 bits per heavy atom. The summed E-state index contributed by atoms with van der Waals surface area (Å²) >= 11 is 1.62. The number of anilines is 2. The standard InChI is InChI=1S/C15H19F3N4S/c1-10(8-11-6-5-7-23-11)22(4)14-19-12(15(16,17)18)9-13(20-14)21(2)3/h5-7,9-10H,8H2,1-4H3. The van der Waals surface area contributed by atoms with E-state index in [4.69, 9.17) is 0 Å². The molecule has 2 rings (SSSR count). The maximum Gasteiger partial charge on any atom is 0.433 e. The van der Waals surface area contributed by atoms with Crippen LogP contribution in [0.4, 0.5) is 24.9 Å². The van der Waals surface area contributed by atoms with E-state index < -0.39 is 11.9 Å². The molecule has 0 amide bonds. The van der Waals surface area contributed by atoms with Gasteiger partial charge in [0.2, 0.25) is 5.95 Å². The van der Waals surface area contributed by atoms with E-state index in [0.29, 0.717) is 0 Å². The van der Waals surface area contributed by atoms with Crippen LogP contribution in [-0.4, -0.2) is 37.2 Å². The first-order valence-electron chi connectivity index (χ1n) is 7.07.